The number of aryl methyl sites for hydroxylation is 2. The van der Waals surface area contributed by atoms with E-state index in [1.165, 1.54) is 22.3 Å². The Balaban J connectivity index is 2.42. The normalized spacial score (nSPS) is 10.9. The summed E-state index contributed by atoms with van der Waals surface area (Å²) in [5, 5.41) is 3.60. The minimum absolute atomic E-state index is 0.169. The lowest BCUT2D eigenvalue weighted by Gasteiger charge is -2.22. The molecule has 0 aliphatic rings. The van der Waals surface area contributed by atoms with Gasteiger partial charge in [0, 0.05) is 24.8 Å². The van der Waals surface area contributed by atoms with Crippen LogP contribution in [0.25, 0.3) is 0 Å². The fourth-order valence-electron chi connectivity index (χ4n) is 2.23. The van der Waals surface area contributed by atoms with Crippen molar-refractivity contribution in [2.24, 2.45) is 0 Å². The molecule has 3 nitrogen and oxygen atoms in total. The van der Waals surface area contributed by atoms with Crippen LogP contribution >= 0.6 is 0 Å². The molecule has 2 aromatic rings. The Hall–Kier alpha value is -1.74. The molecule has 0 aromatic carbocycles. The van der Waals surface area contributed by atoms with Gasteiger partial charge in [0.05, 0.1) is 6.04 Å². The highest BCUT2D eigenvalue weighted by molar-refractivity contribution is 5.37. The lowest BCUT2D eigenvalue weighted by molar-refractivity contribution is 0.590. The molecule has 2 heterocycles. The van der Waals surface area contributed by atoms with Crippen molar-refractivity contribution in [2.75, 3.05) is 6.54 Å². The average Bonchev–Trinajstić information content (AvgIpc) is 2.42. The second-order valence-corrected chi connectivity index (χ2v) is 4.85. The number of nitrogens with one attached hydrogen (secondary N) is 1. The quantitative estimate of drug-likeness (QED) is 0.891. The van der Waals surface area contributed by atoms with Crippen molar-refractivity contribution in [1.29, 1.82) is 0 Å². The molecule has 0 amide bonds. The Morgan fingerprint density at radius 1 is 1.00 bits per heavy atom. The summed E-state index contributed by atoms with van der Waals surface area (Å²) in [6.07, 6.45) is 8.69. The zero-order chi connectivity index (χ0) is 13.7. The molecule has 2 aromatic heterocycles. The van der Waals surface area contributed by atoms with Gasteiger partial charge in [0.2, 0.25) is 0 Å². The van der Waals surface area contributed by atoms with E-state index in [1.807, 2.05) is 24.8 Å². The van der Waals surface area contributed by atoms with Crippen LogP contribution in [0.3, 0.4) is 0 Å². The van der Waals surface area contributed by atoms with Crippen LogP contribution in [0.5, 0.6) is 0 Å². The molecule has 0 atom stereocenters. The molecule has 0 aliphatic heterocycles. The van der Waals surface area contributed by atoms with E-state index in [0.717, 1.165) is 13.0 Å². The average molecular weight is 255 g/mol. The molecular formula is C16H21N3. The van der Waals surface area contributed by atoms with E-state index in [2.05, 4.69) is 48.2 Å². The van der Waals surface area contributed by atoms with Gasteiger partial charge in [0.15, 0.2) is 0 Å². The second-order valence-electron chi connectivity index (χ2n) is 4.85. The van der Waals surface area contributed by atoms with Gasteiger partial charge >= 0.3 is 0 Å². The fourth-order valence-corrected chi connectivity index (χ4v) is 2.23. The molecular weight excluding hydrogens is 234 g/mol. The first-order valence-electron chi connectivity index (χ1n) is 6.78. The van der Waals surface area contributed by atoms with Gasteiger partial charge in [-0.05, 0) is 61.2 Å². The highest BCUT2D eigenvalue weighted by atomic mass is 14.9. The molecule has 3 heteroatoms. The lowest BCUT2D eigenvalue weighted by atomic mass is 9.95. The number of pyridine rings is 2. The number of rotatable bonds is 5. The highest BCUT2D eigenvalue weighted by Crippen LogP contribution is 2.25. The van der Waals surface area contributed by atoms with Gasteiger partial charge in [-0.25, -0.2) is 0 Å². The Labute approximate surface area is 115 Å². The zero-order valence-electron chi connectivity index (χ0n) is 11.9. The molecule has 0 saturated heterocycles. The van der Waals surface area contributed by atoms with Gasteiger partial charge in [0.1, 0.15) is 0 Å². The van der Waals surface area contributed by atoms with Gasteiger partial charge in [-0.1, -0.05) is 6.92 Å². The number of nitrogens with zero attached hydrogens (tertiary/aromatic N) is 2. The summed E-state index contributed by atoms with van der Waals surface area (Å²) in [6.45, 7) is 7.41. The van der Waals surface area contributed by atoms with Crippen molar-refractivity contribution in [3.05, 3.63) is 59.2 Å². The summed E-state index contributed by atoms with van der Waals surface area (Å²) < 4.78 is 0. The van der Waals surface area contributed by atoms with Crippen LogP contribution in [0, 0.1) is 13.8 Å². The smallest absolute Gasteiger partial charge is 0.0612 e. The summed E-state index contributed by atoms with van der Waals surface area (Å²) in [5.41, 5.74) is 4.97. The summed E-state index contributed by atoms with van der Waals surface area (Å²) >= 11 is 0. The molecule has 0 radical (unpaired) electrons. The number of hydrogen-bond acceptors (Lipinski definition) is 3. The summed E-state index contributed by atoms with van der Waals surface area (Å²) in [4.78, 5) is 8.54. The number of hydrogen-bond donors (Lipinski definition) is 1. The van der Waals surface area contributed by atoms with Crippen LogP contribution in [0.15, 0.2) is 36.9 Å². The van der Waals surface area contributed by atoms with E-state index in [9.17, 15) is 0 Å². The van der Waals surface area contributed by atoms with Gasteiger partial charge < -0.3 is 5.32 Å². The van der Waals surface area contributed by atoms with Gasteiger partial charge in [-0.3, -0.25) is 9.97 Å². The van der Waals surface area contributed by atoms with Crippen LogP contribution in [0.1, 0.15) is 41.6 Å². The Bertz CT molecular complexity index is 492. The Morgan fingerprint density at radius 3 is 1.95 bits per heavy atom. The fraction of sp³-hybridized carbons (Fsp3) is 0.375. The Kier molecular flexibility index (Phi) is 4.63. The highest BCUT2D eigenvalue weighted by Gasteiger charge is 2.17. The minimum Gasteiger partial charge on any atom is -0.306 e. The summed E-state index contributed by atoms with van der Waals surface area (Å²) in [5.74, 6) is 0. The van der Waals surface area contributed by atoms with E-state index < -0.39 is 0 Å². The first-order chi connectivity index (χ1) is 9.24. The predicted molar refractivity (Wildman–Crippen MR) is 78.1 cm³/mol. The maximum atomic E-state index is 4.27. The van der Waals surface area contributed by atoms with Crippen molar-refractivity contribution in [3.8, 4) is 0 Å². The van der Waals surface area contributed by atoms with Crippen LogP contribution in [-0.4, -0.2) is 16.5 Å². The molecule has 100 valence electrons. The SMILES string of the molecule is CCCNC(c1cnccc1C)c1cnccc1C. The van der Waals surface area contributed by atoms with E-state index in [-0.39, 0.29) is 6.04 Å². The molecule has 0 bridgehead atoms. The zero-order valence-corrected chi connectivity index (χ0v) is 11.9. The molecule has 19 heavy (non-hydrogen) atoms. The molecule has 0 unspecified atom stereocenters. The molecule has 1 N–H and O–H groups in total. The molecule has 0 aliphatic carbocycles. The largest absolute Gasteiger partial charge is 0.306 e. The van der Waals surface area contributed by atoms with Crippen LogP contribution in [-0.2, 0) is 0 Å². The molecule has 0 saturated carbocycles. The molecule has 0 fully saturated rings. The van der Waals surface area contributed by atoms with E-state index in [1.54, 1.807) is 0 Å². The van der Waals surface area contributed by atoms with E-state index in [0.29, 0.717) is 0 Å². The van der Waals surface area contributed by atoms with Crippen LogP contribution < -0.4 is 5.32 Å². The third-order valence-electron chi connectivity index (χ3n) is 3.38. The van der Waals surface area contributed by atoms with Crippen molar-refractivity contribution >= 4 is 0 Å². The van der Waals surface area contributed by atoms with Crippen LogP contribution in [0.4, 0.5) is 0 Å². The first kappa shape index (κ1) is 13.7. The van der Waals surface area contributed by atoms with Gasteiger partial charge in [-0.15, -0.1) is 0 Å². The molecule has 0 spiro atoms. The topological polar surface area (TPSA) is 37.8 Å². The maximum Gasteiger partial charge on any atom is 0.0612 e. The summed E-state index contributed by atoms with van der Waals surface area (Å²) in [6, 6.07) is 4.28. The molecule has 2 rings (SSSR count). The number of aromatic nitrogens is 2. The third-order valence-corrected chi connectivity index (χ3v) is 3.38. The van der Waals surface area contributed by atoms with E-state index >= 15 is 0 Å². The monoisotopic (exact) mass is 255 g/mol. The van der Waals surface area contributed by atoms with Gasteiger partial charge in [-0.2, -0.15) is 0 Å². The second kappa shape index (κ2) is 6.43. The van der Waals surface area contributed by atoms with E-state index in [4.69, 9.17) is 0 Å². The van der Waals surface area contributed by atoms with Crippen molar-refractivity contribution in [3.63, 3.8) is 0 Å². The predicted octanol–water partition coefficient (Wildman–Crippen LogP) is 3.18. The first-order valence-corrected chi connectivity index (χ1v) is 6.78. The third kappa shape index (κ3) is 3.18. The Morgan fingerprint density at radius 2 is 1.53 bits per heavy atom. The van der Waals surface area contributed by atoms with Gasteiger partial charge in [0.25, 0.3) is 0 Å². The minimum atomic E-state index is 0.169. The van der Waals surface area contributed by atoms with Crippen LogP contribution in [0.2, 0.25) is 0 Å². The van der Waals surface area contributed by atoms with Crippen molar-refractivity contribution in [1.82, 2.24) is 15.3 Å². The van der Waals surface area contributed by atoms with Crippen molar-refractivity contribution < 1.29 is 0 Å². The van der Waals surface area contributed by atoms with Crippen molar-refractivity contribution in [2.45, 2.75) is 33.2 Å². The lowest BCUT2D eigenvalue weighted by Crippen LogP contribution is -2.25. The standard InChI is InChI=1S/C16H21N3/c1-4-7-19-16(14-10-17-8-5-12(14)2)15-11-18-9-6-13(15)3/h5-6,8-11,16,19H,4,7H2,1-3H3. The summed E-state index contributed by atoms with van der Waals surface area (Å²) in [7, 11) is 0. The maximum absolute atomic E-state index is 4.27.